The highest BCUT2D eigenvalue weighted by molar-refractivity contribution is 5.77. The molecular weight excluding hydrogens is 382 g/mol. The van der Waals surface area contributed by atoms with E-state index >= 15 is 0 Å². The largest absolute Gasteiger partial charge is 0.455 e. The van der Waals surface area contributed by atoms with Gasteiger partial charge in [-0.2, -0.15) is 35.1 Å². The van der Waals surface area contributed by atoms with Gasteiger partial charge in [-0.3, -0.25) is 4.79 Å². The topological polar surface area (TPSA) is 46.5 Å². The molecule has 13 heteroatoms. The van der Waals surface area contributed by atoms with Crippen LogP contribution in [0.2, 0.25) is 0 Å². The molecule has 0 aromatic heterocycles. The molecule has 0 saturated carbocycles. The predicted octanol–water partition coefficient (Wildman–Crippen LogP) is 4.09. The van der Waals surface area contributed by atoms with Gasteiger partial charge in [-0.1, -0.05) is 6.92 Å². The summed E-state index contributed by atoms with van der Waals surface area (Å²) in [6.07, 6.45) is -21.4. The van der Waals surface area contributed by atoms with Gasteiger partial charge >= 0.3 is 24.2 Å². The minimum Gasteiger partial charge on any atom is -0.455 e. The Morgan fingerprint density at radius 3 is 1.64 bits per heavy atom. The summed E-state index contributed by atoms with van der Waals surface area (Å²) in [6.45, 7) is 1.02. The van der Waals surface area contributed by atoms with Crippen molar-refractivity contribution < 1.29 is 58.5 Å². The van der Waals surface area contributed by atoms with E-state index in [0.29, 0.717) is 0 Å². The molecular formula is C12H14F10O3. The van der Waals surface area contributed by atoms with E-state index in [2.05, 4.69) is 4.74 Å². The summed E-state index contributed by atoms with van der Waals surface area (Å²) in [4.78, 5) is 11.5. The maximum atomic E-state index is 13.8. The summed E-state index contributed by atoms with van der Waals surface area (Å²) in [7, 11) is 0. The number of carbonyl (C=O) groups is 1. The molecule has 0 saturated heterocycles. The SMILES string of the molecule is CCC(C)(C(=O)OC(C)C(F)(F)C(O)(C(F)F)C(F)(F)F)C(F)(F)F. The summed E-state index contributed by atoms with van der Waals surface area (Å²) in [6, 6.07) is 0. The Balaban J connectivity index is 5.81. The van der Waals surface area contributed by atoms with Crippen LogP contribution in [-0.4, -0.2) is 47.5 Å². The highest BCUT2D eigenvalue weighted by atomic mass is 19.4. The van der Waals surface area contributed by atoms with Gasteiger partial charge in [0, 0.05) is 0 Å². The summed E-state index contributed by atoms with van der Waals surface area (Å²) in [5, 5.41) is 8.82. The van der Waals surface area contributed by atoms with Crippen molar-refractivity contribution in [2.24, 2.45) is 5.41 Å². The van der Waals surface area contributed by atoms with Crippen LogP contribution in [0.1, 0.15) is 27.2 Å². The van der Waals surface area contributed by atoms with Gasteiger partial charge < -0.3 is 9.84 Å². The first kappa shape index (κ1) is 23.7. The number of aliphatic hydroxyl groups is 1. The highest BCUT2D eigenvalue weighted by Crippen LogP contribution is 2.49. The molecule has 0 rings (SSSR count). The first-order valence-corrected chi connectivity index (χ1v) is 6.53. The number of carbonyl (C=O) groups excluding carboxylic acids is 1. The van der Waals surface area contributed by atoms with Crippen LogP contribution < -0.4 is 0 Å². The third-order valence-electron chi connectivity index (χ3n) is 3.83. The fraction of sp³-hybridized carbons (Fsp3) is 0.917. The van der Waals surface area contributed by atoms with Crippen molar-refractivity contribution in [1.82, 2.24) is 0 Å². The van der Waals surface area contributed by atoms with Gasteiger partial charge in [0.05, 0.1) is 0 Å². The van der Waals surface area contributed by atoms with Crippen LogP contribution >= 0.6 is 0 Å². The average molecular weight is 396 g/mol. The zero-order chi connectivity index (χ0) is 20.6. The minimum atomic E-state index is -6.57. The number of hydrogen-bond acceptors (Lipinski definition) is 3. The lowest BCUT2D eigenvalue weighted by Gasteiger charge is -2.39. The molecule has 25 heavy (non-hydrogen) atoms. The molecule has 0 aromatic rings. The standard InChI is InChI=1S/C12H14F10O3/c1-4-8(3,11(17,18)19)7(23)25-5(2)10(15,16)9(24,6(13)14)12(20,21)22/h5-6,24H,4H2,1-3H3. The van der Waals surface area contributed by atoms with Gasteiger partial charge in [0.25, 0.3) is 12.0 Å². The zero-order valence-electron chi connectivity index (χ0n) is 12.9. The fourth-order valence-electron chi connectivity index (χ4n) is 1.59. The molecule has 0 fully saturated rings. The van der Waals surface area contributed by atoms with Crippen LogP contribution in [0.25, 0.3) is 0 Å². The first-order chi connectivity index (χ1) is 10.8. The van der Waals surface area contributed by atoms with Crippen LogP contribution in [0, 0.1) is 5.41 Å². The molecule has 0 aliphatic carbocycles. The van der Waals surface area contributed by atoms with E-state index in [1.54, 1.807) is 0 Å². The molecule has 0 aromatic carbocycles. The van der Waals surface area contributed by atoms with Crippen molar-refractivity contribution in [2.45, 2.75) is 63.6 Å². The summed E-state index contributed by atoms with van der Waals surface area (Å²) >= 11 is 0. The quantitative estimate of drug-likeness (QED) is 0.544. The smallest absolute Gasteiger partial charge is 0.429 e. The van der Waals surface area contributed by atoms with Crippen molar-refractivity contribution in [2.75, 3.05) is 0 Å². The third kappa shape index (κ3) is 3.80. The van der Waals surface area contributed by atoms with E-state index < -0.39 is 54.2 Å². The molecule has 0 radical (unpaired) electrons. The normalized spacial score (nSPS) is 20.0. The second-order valence-electron chi connectivity index (χ2n) is 5.42. The van der Waals surface area contributed by atoms with Gasteiger partial charge in [0.2, 0.25) is 0 Å². The minimum absolute atomic E-state index is 0.0382. The average Bonchev–Trinajstić information content (AvgIpc) is 2.41. The monoisotopic (exact) mass is 396 g/mol. The molecule has 150 valence electrons. The van der Waals surface area contributed by atoms with E-state index in [0.717, 1.165) is 6.92 Å². The Labute approximate surface area is 134 Å². The van der Waals surface area contributed by atoms with Gasteiger partial charge in [0.1, 0.15) is 0 Å². The van der Waals surface area contributed by atoms with Crippen molar-refractivity contribution in [3.8, 4) is 0 Å². The molecule has 1 N–H and O–H groups in total. The number of ether oxygens (including phenoxy) is 1. The predicted molar refractivity (Wildman–Crippen MR) is 62.0 cm³/mol. The lowest BCUT2D eigenvalue weighted by molar-refractivity contribution is -0.379. The van der Waals surface area contributed by atoms with E-state index in [9.17, 15) is 48.7 Å². The number of halogens is 10. The van der Waals surface area contributed by atoms with E-state index in [4.69, 9.17) is 5.11 Å². The number of alkyl halides is 10. The van der Waals surface area contributed by atoms with Gasteiger partial charge in [-0.05, 0) is 20.3 Å². The highest BCUT2D eigenvalue weighted by Gasteiger charge is 2.77. The van der Waals surface area contributed by atoms with E-state index in [1.165, 1.54) is 0 Å². The zero-order valence-corrected chi connectivity index (χ0v) is 12.9. The van der Waals surface area contributed by atoms with Crippen LogP contribution in [0.4, 0.5) is 43.9 Å². The molecule has 3 nitrogen and oxygen atoms in total. The number of esters is 1. The fourth-order valence-corrected chi connectivity index (χ4v) is 1.59. The number of rotatable bonds is 6. The molecule has 0 heterocycles. The van der Waals surface area contributed by atoms with Crippen molar-refractivity contribution in [3.05, 3.63) is 0 Å². The van der Waals surface area contributed by atoms with Gasteiger partial charge in [-0.15, -0.1) is 0 Å². The number of hydrogen-bond donors (Lipinski definition) is 1. The van der Waals surface area contributed by atoms with Crippen molar-refractivity contribution >= 4 is 5.97 Å². The lowest BCUT2D eigenvalue weighted by atomic mass is 9.86. The lowest BCUT2D eigenvalue weighted by Crippen LogP contribution is -2.67. The summed E-state index contributed by atoms with van der Waals surface area (Å²) in [5.41, 5.74) is -9.29. The molecule has 0 bridgehead atoms. The molecule has 0 aliphatic rings. The molecule has 0 spiro atoms. The Bertz CT molecular complexity index is 487. The van der Waals surface area contributed by atoms with Crippen molar-refractivity contribution in [3.63, 3.8) is 0 Å². The first-order valence-electron chi connectivity index (χ1n) is 6.53. The Kier molecular flexibility index (Phi) is 6.45. The van der Waals surface area contributed by atoms with Crippen LogP contribution in [-0.2, 0) is 9.53 Å². The van der Waals surface area contributed by atoms with Gasteiger partial charge in [0.15, 0.2) is 11.5 Å². The van der Waals surface area contributed by atoms with Crippen LogP contribution in [0.5, 0.6) is 0 Å². The van der Waals surface area contributed by atoms with E-state index in [-0.39, 0.29) is 13.8 Å². The second kappa shape index (κ2) is 6.80. The summed E-state index contributed by atoms with van der Waals surface area (Å²) in [5.74, 6) is -8.23. The van der Waals surface area contributed by atoms with Crippen molar-refractivity contribution in [1.29, 1.82) is 0 Å². The molecule has 3 atom stereocenters. The van der Waals surface area contributed by atoms with Crippen LogP contribution in [0.15, 0.2) is 0 Å². The van der Waals surface area contributed by atoms with E-state index in [1.807, 2.05) is 0 Å². The third-order valence-corrected chi connectivity index (χ3v) is 3.83. The Morgan fingerprint density at radius 2 is 1.40 bits per heavy atom. The molecule has 0 aliphatic heterocycles. The molecule has 0 amide bonds. The molecule has 3 unspecified atom stereocenters. The maximum Gasteiger partial charge on any atom is 0.429 e. The Hall–Kier alpha value is -1.27. The maximum absolute atomic E-state index is 13.8. The summed E-state index contributed by atoms with van der Waals surface area (Å²) < 4.78 is 132. The van der Waals surface area contributed by atoms with Gasteiger partial charge in [-0.25, -0.2) is 8.78 Å². The second-order valence-corrected chi connectivity index (χ2v) is 5.42. The Morgan fingerprint density at radius 1 is 1.00 bits per heavy atom. The van der Waals surface area contributed by atoms with Crippen LogP contribution in [0.3, 0.4) is 0 Å².